The Hall–Kier alpha value is -1.69. The highest BCUT2D eigenvalue weighted by molar-refractivity contribution is 7.89. The SMILES string of the molecule is CC(Cc1ccccc1)NS(=O)(=O)c1cccc(CN)c1. The highest BCUT2D eigenvalue weighted by Gasteiger charge is 2.17. The molecule has 0 radical (unpaired) electrons. The zero-order valence-corrected chi connectivity index (χ0v) is 12.8. The lowest BCUT2D eigenvalue weighted by Gasteiger charge is -2.14. The van der Waals surface area contributed by atoms with Gasteiger partial charge in [-0.05, 0) is 36.6 Å². The maximum Gasteiger partial charge on any atom is 0.240 e. The van der Waals surface area contributed by atoms with E-state index in [2.05, 4.69) is 4.72 Å². The molecule has 1 atom stereocenters. The number of hydrogen-bond donors (Lipinski definition) is 2. The van der Waals surface area contributed by atoms with Crippen molar-refractivity contribution >= 4 is 10.0 Å². The summed E-state index contributed by atoms with van der Waals surface area (Å²) in [4.78, 5) is 0.255. The molecule has 0 bridgehead atoms. The number of benzene rings is 2. The third kappa shape index (κ3) is 4.39. The molecule has 2 rings (SSSR count). The number of sulfonamides is 1. The number of rotatable bonds is 6. The van der Waals surface area contributed by atoms with E-state index < -0.39 is 10.0 Å². The van der Waals surface area contributed by atoms with Crippen molar-refractivity contribution in [2.75, 3.05) is 0 Å². The van der Waals surface area contributed by atoms with E-state index in [9.17, 15) is 8.42 Å². The van der Waals surface area contributed by atoms with E-state index in [-0.39, 0.29) is 10.9 Å². The maximum absolute atomic E-state index is 12.3. The fourth-order valence-electron chi connectivity index (χ4n) is 2.18. The first-order valence-corrected chi connectivity index (χ1v) is 8.35. The topological polar surface area (TPSA) is 72.2 Å². The standard InChI is InChI=1S/C16H20N2O2S/c1-13(10-14-6-3-2-4-7-14)18-21(19,20)16-9-5-8-15(11-16)12-17/h2-9,11,13,18H,10,12,17H2,1H3. The lowest BCUT2D eigenvalue weighted by molar-refractivity contribution is 0.559. The van der Waals surface area contributed by atoms with Crippen molar-refractivity contribution in [3.05, 3.63) is 65.7 Å². The molecule has 0 saturated heterocycles. The summed E-state index contributed by atoms with van der Waals surface area (Å²) in [6, 6.07) is 16.3. The molecule has 0 fully saturated rings. The van der Waals surface area contributed by atoms with E-state index >= 15 is 0 Å². The summed E-state index contributed by atoms with van der Waals surface area (Å²) in [7, 11) is -3.52. The first-order valence-electron chi connectivity index (χ1n) is 6.86. The summed E-state index contributed by atoms with van der Waals surface area (Å²) in [6.07, 6.45) is 0.649. The second kappa shape index (κ2) is 6.85. The fraction of sp³-hybridized carbons (Fsp3) is 0.250. The third-order valence-electron chi connectivity index (χ3n) is 3.19. The van der Waals surface area contributed by atoms with E-state index in [1.807, 2.05) is 43.3 Å². The van der Waals surface area contributed by atoms with Crippen molar-refractivity contribution in [1.82, 2.24) is 4.72 Å². The molecule has 112 valence electrons. The van der Waals surface area contributed by atoms with Gasteiger partial charge >= 0.3 is 0 Å². The molecule has 3 N–H and O–H groups in total. The van der Waals surface area contributed by atoms with Crippen molar-refractivity contribution in [2.45, 2.75) is 30.8 Å². The van der Waals surface area contributed by atoms with Gasteiger partial charge in [0, 0.05) is 12.6 Å². The van der Waals surface area contributed by atoms with Gasteiger partial charge in [-0.1, -0.05) is 42.5 Å². The minimum absolute atomic E-state index is 0.182. The van der Waals surface area contributed by atoms with Gasteiger partial charge in [0.15, 0.2) is 0 Å². The van der Waals surface area contributed by atoms with Gasteiger partial charge in [-0.3, -0.25) is 0 Å². The van der Waals surface area contributed by atoms with Crippen molar-refractivity contribution in [1.29, 1.82) is 0 Å². The predicted octanol–water partition coefficient (Wildman–Crippen LogP) is 2.05. The van der Waals surface area contributed by atoms with Crippen LogP contribution in [0.4, 0.5) is 0 Å². The lowest BCUT2D eigenvalue weighted by atomic mass is 10.1. The molecule has 0 aliphatic rings. The molecule has 0 heterocycles. The molecule has 0 spiro atoms. The number of nitrogens with one attached hydrogen (secondary N) is 1. The summed E-state index contributed by atoms with van der Waals surface area (Å²) < 4.78 is 27.4. The molecule has 0 aliphatic carbocycles. The molecule has 0 saturated carbocycles. The van der Waals surface area contributed by atoms with E-state index in [0.29, 0.717) is 13.0 Å². The van der Waals surface area contributed by atoms with Gasteiger partial charge in [-0.25, -0.2) is 13.1 Å². The first-order chi connectivity index (χ1) is 10.0. The third-order valence-corrected chi connectivity index (χ3v) is 4.77. The minimum Gasteiger partial charge on any atom is -0.326 e. The highest BCUT2D eigenvalue weighted by atomic mass is 32.2. The van der Waals surface area contributed by atoms with Crippen LogP contribution in [0.1, 0.15) is 18.1 Å². The van der Waals surface area contributed by atoms with Crippen LogP contribution < -0.4 is 10.5 Å². The van der Waals surface area contributed by atoms with Crippen molar-refractivity contribution in [3.8, 4) is 0 Å². The monoisotopic (exact) mass is 304 g/mol. The van der Waals surface area contributed by atoms with Crippen LogP contribution in [0.3, 0.4) is 0 Å². The minimum atomic E-state index is -3.52. The Balaban J connectivity index is 2.09. The van der Waals surface area contributed by atoms with Crippen LogP contribution in [0.2, 0.25) is 0 Å². The van der Waals surface area contributed by atoms with Crippen LogP contribution >= 0.6 is 0 Å². The highest BCUT2D eigenvalue weighted by Crippen LogP contribution is 2.13. The van der Waals surface area contributed by atoms with E-state index in [0.717, 1.165) is 11.1 Å². The predicted molar refractivity (Wildman–Crippen MR) is 84.3 cm³/mol. The molecule has 1 unspecified atom stereocenters. The van der Waals surface area contributed by atoms with Crippen LogP contribution in [-0.4, -0.2) is 14.5 Å². The summed E-state index contributed by atoms with van der Waals surface area (Å²) in [6.45, 7) is 2.18. The molecule has 0 aliphatic heterocycles. The van der Waals surface area contributed by atoms with Crippen LogP contribution in [-0.2, 0) is 23.0 Å². The zero-order valence-electron chi connectivity index (χ0n) is 12.0. The Labute approximate surface area is 126 Å². The Bertz CT molecular complexity index is 684. The van der Waals surface area contributed by atoms with Crippen molar-refractivity contribution < 1.29 is 8.42 Å². The average molecular weight is 304 g/mol. The average Bonchev–Trinajstić information content (AvgIpc) is 2.47. The zero-order chi connectivity index (χ0) is 15.3. The Morgan fingerprint density at radius 2 is 1.71 bits per heavy atom. The summed E-state index contributed by atoms with van der Waals surface area (Å²) in [5, 5.41) is 0. The molecular formula is C16H20N2O2S. The molecule has 21 heavy (non-hydrogen) atoms. The van der Waals surface area contributed by atoms with Crippen LogP contribution in [0.25, 0.3) is 0 Å². The molecule has 2 aromatic carbocycles. The van der Waals surface area contributed by atoms with Gasteiger partial charge in [-0.15, -0.1) is 0 Å². The Morgan fingerprint density at radius 3 is 2.38 bits per heavy atom. The van der Waals surface area contributed by atoms with Gasteiger partial charge in [0.1, 0.15) is 0 Å². The van der Waals surface area contributed by atoms with Gasteiger partial charge in [0.05, 0.1) is 4.90 Å². The fourth-order valence-corrected chi connectivity index (χ4v) is 3.50. The summed E-state index contributed by atoms with van der Waals surface area (Å²) in [5.41, 5.74) is 7.45. The summed E-state index contributed by atoms with van der Waals surface area (Å²) in [5.74, 6) is 0. The Morgan fingerprint density at radius 1 is 1.05 bits per heavy atom. The molecule has 5 heteroatoms. The van der Waals surface area contributed by atoms with Crippen molar-refractivity contribution in [2.24, 2.45) is 5.73 Å². The van der Waals surface area contributed by atoms with Crippen LogP contribution in [0.5, 0.6) is 0 Å². The van der Waals surface area contributed by atoms with Gasteiger partial charge in [0.2, 0.25) is 10.0 Å². The van der Waals surface area contributed by atoms with Crippen LogP contribution in [0, 0.1) is 0 Å². The lowest BCUT2D eigenvalue weighted by Crippen LogP contribution is -2.34. The van der Waals surface area contributed by atoms with E-state index in [4.69, 9.17) is 5.73 Å². The van der Waals surface area contributed by atoms with Crippen LogP contribution in [0.15, 0.2) is 59.5 Å². The maximum atomic E-state index is 12.3. The quantitative estimate of drug-likeness (QED) is 0.858. The molecule has 0 aromatic heterocycles. The smallest absolute Gasteiger partial charge is 0.240 e. The number of hydrogen-bond acceptors (Lipinski definition) is 3. The van der Waals surface area contributed by atoms with Gasteiger partial charge < -0.3 is 5.73 Å². The molecular weight excluding hydrogens is 284 g/mol. The second-order valence-corrected chi connectivity index (χ2v) is 6.78. The van der Waals surface area contributed by atoms with Crippen molar-refractivity contribution in [3.63, 3.8) is 0 Å². The first kappa shape index (κ1) is 15.7. The number of nitrogens with two attached hydrogens (primary N) is 1. The Kier molecular flexibility index (Phi) is 5.12. The van der Waals surface area contributed by atoms with E-state index in [1.54, 1.807) is 18.2 Å². The van der Waals surface area contributed by atoms with Gasteiger partial charge in [0.25, 0.3) is 0 Å². The second-order valence-electron chi connectivity index (χ2n) is 5.06. The normalized spacial score (nSPS) is 13.0. The largest absolute Gasteiger partial charge is 0.326 e. The molecule has 4 nitrogen and oxygen atoms in total. The summed E-state index contributed by atoms with van der Waals surface area (Å²) >= 11 is 0. The molecule has 2 aromatic rings. The van der Waals surface area contributed by atoms with Gasteiger partial charge in [-0.2, -0.15) is 0 Å². The van der Waals surface area contributed by atoms with E-state index in [1.165, 1.54) is 0 Å². The molecule has 0 amide bonds.